The molecule has 1 atom stereocenters. The molecule has 174 valence electrons. The van der Waals surface area contributed by atoms with Crippen LogP contribution in [0.3, 0.4) is 0 Å². The van der Waals surface area contributed by atoms with Gasteiger partial charge in [0.25, 0.3) is 0 Å². The van der Waals surface area contributed by atoms with Crippen LogP contribution in [0, 0.1) is 0 Å². The second-order valence-electron chi connectivity index (χ2n) is 8.50. The monoisotopic (exact) mass is 456 g/mol. The zero-order chi connectivity index (χ0) is 23.5. The van der Waals surface area contributed by atoms with Gasteiger partial charge >= 0.3 is 6.03 Å². The molecule has 2 aliphatic heterocycles. The number of benzene rings is 3. The van der Waals surface area contributed by atoms with Crippen LogP contribution in [0.25, 0.3) is 0 Å². The van der Waals surface area contributed by atoms with Crippen LogP contribution in [-0.2, 0) is 6.54 Å². The van der Waals surface area contributed by atoms with Gasteiger partial charge in [-0.2, -0.15) is 0 Å². The molecule has 1 saturated heterocycles. The predicted octanol–water partition coefficient (Wildman–Crippen LogP) is 4.80. The average molecular weight is 457 g/mol. The summed E-state index contributed by atoms with van der Waals surface area (Å²) in [4.78, 5) is 22.0. The molecule has 34 heavy (non-hydrogen) atoms. The zero-order valence-electron chi connectivity index (χ0n) is 19.4. The van der Waals surface area contributed by atoms with Crippen LogP contribution in [-0.4, -0.2) is 54.5 Å². The highest BCUT2D eigenvalue weighted by Gasteiger charge is 2.31. The topological polar surface area (TPSA) is 66.4 Å². The SMILES string of the molecule is COc1ccc2c(c1)C(N1CCN(C(=O)NCc3ccccc3)C(C)C1)=Nc1ccccc1O2. The number of fused-ring (bicyclic) bond motifs is 2. The Balaban J connectivity index is 1.37. The molecule has 1 unspecified atom stereocenters. The number of amides is 2. The lowest BCUT2D eigenvalue weighted by Crippen LogP contribution is -2.57. The van der Waals surface area contributed by atoms with Gasteiger partial charge in [-0.3, -0.25) is 0 Å². The molecule has 1 N–H and O–H groups in total. The van der Waals surface area contributed by atoms with Crippen molar-refractivity contribution in [1.82, 2.24) is 15.1 Å². The third kappa shape index (κ3) is 4.41. The Kier molecular flexibility index (Phi) is 6.08. The van der Waals surface area contributed by atoms with Gasteiger partial charge in [-0.15, -0.1) is 0 Å². The summed E-state index contributed by atoms with van der Waals surface area (Å²) < 4.78 is 11.7. The number of para-hydroxylation sites is 2. The molecule has 0 bridgehead atoms. The predicted molar refractivity (Wildman–Crippen MR) is 132 cm³/mol. The summed E-state index contributed by atoms with van der Waals surface area (Å²) in [5, 5.41) is 3.05. The molecule has 0 saturated carbocycles. The van der Waals surface area contributed by atoms with E-state index in [9.17, 15) is 4.79 Å². The first-order valence-electron chi connectivity index (χ1n) is 11.5. The van der Waals surface area contributed by atoms with E-state index in [0.717, 1.165) is 39.9 Å². The van der Waals surface area contributed by atoms with E-state index in [-0.39, 0.29) is 12.1 Å². The minimum absolute atomic E-state index is 0.0145. The van der Waals surface area contributed by atoms with Gasteiger partial charge in [-0.25, -0.2) is 9.79 Å². The van der Waals surface area contributed by atoms with Gasteiger partial charge in [0.05, 0.1) is 12.7 Å². The van der Waals surface area contributed by atoms with Gasteiger partial charge in [0.15, 0.2) is 5.75 Å². The largest absolute Gasteiger partial charge is 0.497 e. The third-order valence-electron chi connectivity index (χ3n) is 6.21. The minimum Gasteiger partial charge on any atom is -0.497 e. The van der Waals surface area contributed by atoms with E-state index in [0.29, 0.717) is 26.2 Å². The Hall–Kier alpha value is -4.00. The number of nitrogens with one attached hydrogen (secondary N) is 1. The van der Waals surface area contributed by atoms with Crippen molar-refractivity contribution in [1.29, 1.82) is 0 Å². The van der Waals surface area contributed by atoms with E-state index < -0.39 is 0 Å². The molecule has 0 aromatic heterocycles. The Bertz CT molecular complexity index is 1210. The molecule has 7 heteroatoms. The molecule has 2 heterocycles. The maximum Gasteiger partial charge on any atom is 0.318 e. The molecule has 1 fully saturated rings. The van der Waals surface area contributed by atoms with Crippen molar-refractivity contribution in [3.05, 3.63) is 83.9 Å². The number of amidine groups is 1. The normalized spacial score (nSPS) is 17.0. The lowest BCUT2D eigenvalue weighted by atomic mass is 10.1. The molecule has 2 aliphatic rings. The van der Waals surface area contributed by atoms with Gasteiger partial charge in [-0.1, -0.05) is 42.5 Å². The van der Waals surface area contributed by atoms with Crippen molar-refractivity contribution in [3.63, 3.8) is 0 Å². The van der Waals surface area contributed by atoms with Gasteiger partial charge in [-0.05, 0) is 42.8 Å². The van der Waals surface area contributed by atoms with Gasteiger partial charge in [0, 0.05) is 32.2 Å². The molecule has 0 spiro atoms. The number of urea groups is 1. The van der Waals surface area contributed by atoms with Crippen LogP contribution in [0.2, 0.25) is 0 Å². The van der Waals surface area contributed by atoms with E-state index in [4.69, 9.17) is 14.5 Å². The molecule has 2 amide bonds. The first kappa shape index (κ1) is 21.8. The summed E-state index contributed by atoms with van der Waals surface area (Å²) in [6, 6.07) is 23.5. The second-order valence-corrected chi connectivity index (χ2v) is 8.50. The fourth-order valence-corrected chi connectivity index (χ4v) is 4.40. The van der Waals surface area contributed by atoms with Crippen molar-refractivity contribution < 1.29 is 14.3 Å². The summed E-state index contributed by atoms with van der Waals surface area (Å²) in [5.41, 5.74) is 2.74. The van der Waals surface area contributed by atoms with Crippen LogP contribution in [0.15, 0.2) is 77.8 Å². The average Bonchev–Trinajstić information content (AvgIpc) is 3.04. The van der Waals surface area contributed by atoms with E-state index in [1.807, 2.05) is 77.7 Å². The van der Waals surface area contributed by atoms with Crippen molar-refractivity contribution in [2.45, 2.75) is 19.5 Å². The van der Waals surface area contributed by atoms with Crippen molar-refractivity contribution in [3.8, 4) is 17.2 Å². The first-order valence-corrected chi connectivity index (χ1v) is 11.5. The van der Waals surface area contributed by atoms with Gasteiger partial charge in [0.2, 0.25) is 0 Å². The fourth-order valence-electron chi connectivity index (χ4n) is 4.40. The fraction of sp³-hybridized carbons (Fsp3) is 0.259. The van der Waals surface area contributed by atoms with Crippen LogP contribution in [0.5, 0.6) is 17.2 Å². The van der Waals surface area contributed by atoms with Crippen LogP contribution in [0.1, 0.15) is 18.1 Å². The molecular weight excluding hydrogens is 428 g/mol. The van der Waals surface area contributed by atoms with Crippen molar-refractivity contribution in [2.24, 2.45) is 4.99 Å². The number of nitrogens with zero attached hydrogens (tertiary/aromatic N) is 3. The number of hydrogen-bond acceptors (Lipinski definition) is 5. The number of carbonyl (C=O) groups is 1. The van der Waals surface area contributed by atoms with Crippen LogP contribution in [0.4, 0.5) is 10.5 Å². The highest BCUT2D eigenvalue weighted by molar-refractivity contribution is 6.04. The summed E-state index contributed by atoms with van der Waals surface area (Å²) >= 11 is 0. The number of piperazine rings is 1. The highest BCUT2D eigenvalue weighted by Crippen LogP contribution is 2.39. The zero-order valence-corrected chi connectivity index (χ0v) is 19.4. The highest BCUT2D eigenvalue weighted by atomic mass is 16.5. The molecule has 3 aromatic rings. The van der Waals surface area contributed by atoms with E-state index in [2.05, 4.69) is 17.1 Å². The smallest absolute Gasteiger partial charge is 0.318 e. The van der Waals surface area contributed by atoms with E-state index >= 15 is 0 Å². The summed E-state index contributed by atoms with van der Waals surface area (Å²) in [6.45, 7) is 4.52. The molecule has 5 rings (SSSR count). The second kappa shape index (κ2) is 9.47. The third-order valence-corrected chi connectivity index (χ3v) is 6.21. The molecule has 3 aromatic carbocycles. The van der Waals surface area contributed by atoms with Crippen LogP contribution < -0.4 is 14.8 Å². The standard InChI is InChI=1S/C27H28N4O3/c1-19-18-30(14-15-31(19)27(32)28-17-20-8-4-3-5-9-20)26-22-16-21(33-2)12-13-24(22)34-25-11-7-6-10-23(25)29-26/h3-13,16,19H,14-15,17-18H2,1-2H3,(H,28,32). The Morgan fingerprint density at radius 1 is 1.06 bits per heavy atom. The van der Waals surface area contributed by atoms with Gasteiger partial charge < -0.3 is 24.6 Å². The molecule has 0 radical (unpaired) electrons. The van der Waals surface area contributed by atoms with Crippen molar-refractivity contribution in [2.75, 3.05) is 26.7 Å². The maximum absolute atomic E-state index is 12.9. The lowest BCUT2D eigenvalue weighted by Gasteiger charge is -2.41. The van der Waals surface area contributed by atoms with E-state index in [1.54, 1.807) is 7.11 Å². The summed E-state index contributed by atoms with van der Waals surface area (Å²) in [7, 11) is 1.65. The number of aliphatic imine (C=N–C) groups is 1. The summed E-state index contributed by atoms with van der Waals surface area (Å²) in [5.74, 6) is 3.03. The Labute approximate surface area is 199 Å². The summed E-state index contributed by atoms with van der Waals surface area (Å²) in [6.07, 6.45) is 0. The Morgan fingerprint density at radius 3 is 2.65 bits per heavy atom. The quantitative estimate of drug-likeness (QED) is 0.615. The number of carbonyl (C=O) groups excluding carboxylic acids is 1. The lowest BCUT2D eigenvalue weighted by molar-refractivity contribution is 0.134. The van der Waals surface area contributed by atoms with Crippen LogP contribution >= 0.6 is 0 Å². The minimum atomic E-state index is -0.0467. The Morgan fingerprint density at radius 2 is 1.85 bits per heavy atom. The van der Waals surface area contributed by atoms with Gasteiger partial charge in [0.1, 0.15) is 23.0 Å². The van der Waals surface area contributed by atoms with E-state index in [1.165, 1.54) is 0 Å². The van der Waals surface area contributed by atoms with Crippen molar-refractivity contribution >= 4 is 17.6 Å². The number of hydrogen-bond donors (Lipinski definition) is 1. The number of ether oxygens (including phenoxy) is 2. The first-order chi connectivity index (χ1) is 16.6. The maximum atomic E-state index is 12.9. The number of rotatable bonds is 3. The number of methoxy groups -OCH3 is 1. The molecular formula is C27H28N4O3. The molecule has 0 aliphatic carbocycles. The molecule has 7 nitrogen and oxygen atoms in total.